The number of aromatic nitrogens is 3. The van der Waals surface area contributed by atoms with Gasteiger partial charge in [-0.25, -0.2) is 0 Å². The van der Waals surface area contributed by atoms with Crippen molar-refractivity contribution in [2.75, 3.05) is 32.0 Å². The molecule has 9 heteroatoms. The van der Waals surface area contributed by atoms with Crippen molar-refractivity contribution in [2.24, 2.45) is 0 Å². The number of carbonyl (C=O) groups excluding carboxylic acids is 1. The Hall–Kier alpha value is -2.55. The Morgan fingerprint density at radius 1 is 1.03 bits per heavy atom. The van der Waals surface area contributed by atoms with Crippen LogP contribution in [0.5, 0.6) is 5.75 Å². The first-order chi connectivity index (χ1) is 16.2. The summed E-state index contributed by atoms with van der Waals surface area (Å²) in [4.78, 5) is 14.8. The molecule has 0 spiro atoms. The summed E-state index contributed by atoms with van der Waals surface area (Å²) in [6, 6.07) is 17.2. The second kappa shape index (κ2) is 12.1. The first kappa shape index (κ1) is 23.6. The van der Waals surface area contributed by atoms with Crippen molar-refractivity contribution in [2.45, 2.75) is 31.0 Å². The van der Waals surface area contributed by atoms with E-state index in [1.54, 1.807) is 24.3 Å². The molecule has 1 fully saturated rings. The number of amides is 1. The van der Waals surface area contributed by atoms with Gasteiger partial charge in [0.1, 0.15) is 12.4 Å². The van der Waals surface area contributed by atoms with Crippen molar-refractivity contribution in [3.05, 3.63) is 65.4 Å². The normalized spacial score (nSPS) is 14.2. The van der Waals surface area contributed by atoms with Gasteiger partial charge in [0.05, 0.1) is 18.8 Å². The van der Waals surface area contributed by atoms with Crippen LogP contribution >= 0.6 is 23.4 Å². The van der Waals surface area contributed by atoms with Crippen LogP contribution in [0.15, 0.2) is 59.8 Å². The number of rotatable bonds is 10. The van der Waals surface area contributed by atoms with Gasteiger partial charge in [-0.2, -0.15) is 0 Å². The minimum atomic E-state index is -0.0695. The highest BCUT2D eigenvalue weighted by Gasteiger charge is 2.19. The molecule has 1 aliphatic heterocycles. The minimum absolute atomic E-state index is 0.0695. The largest absolute Gasteiger partial charge is 0.492 e. The maximum atomic E-state index is 12.4. The van der Waals surface area contributed by atoms with Crippen LogP contribution in [0.1, 0.15) is 25.1 Å². The highest BCUT2D eigenvalue weighted by atomic mass is 35.5. The highest BCUT2D eigenvalue weighted by Crippen LogP contribution is 2.23. The van der Waals surface area contributed by atoms with Crippen molar-refractivity contribution in [3.8, 4) is 11.4 Å². The molecule has 1 saturated heterocycles. The van der Waals surface area contributed by atoms with Crippen LogP contribution in [-0.2, 0) is 11.3 Å². The van der Waals surface area contributed by atoms with E-state index in [1.165, 1.54) is 31.0 Å². The van der Waals surface area contributed by atoms with Gasteiger partial charge in [-0.15, -0.1) is 10.2 Å². The third kappa shape index (κ3) is 6.96. The lowest BCUT2D eigenvalue weighted by Crippen LogP contribution is -2.30. The molecule has 0 aliphatic carbocycles. The number of thioether (sulfide) groups is 1. The summed E-state index contributed by atoms with van der Waals surface area (Å²) in [5.41, 5.74) is 1.01. The maximum absolute atomic E-state index is 12.4. The zero-order valence-corrected chi connectivity index (χ0v) is 20.0. The van der Waals surface area contributed by atoms with Crippen molar-refractivity contribution in [1.29, 1.82) is 0 Å². The highest BCUT2D eigenvalue weighted by molar-refractivity contribution is 7.99. The fraction of sp³-hybridized carbons (Fsp3) is 0.375. The summed E-state index contributed by atoms with van der Waals surface area (Å²) in [6.45, 7) is 3.75. The topological polar surface area (TPSA) is 72.3 Å². The number of piperidine rings is 1. The smallest absolute Gasteiger partial charge is 0.230 e. The average molecular weight is 486 g/mol. The van der Waals surface area contributed by atoms with E-state index in [1.807, 2.05) is 30.3 Å². The van der Waals surface area contributed by atoms with E-state index in [2.05, 4.69) is 25.0 Å². The predicted molar refractivity (Wildman–Crippen MR) is 131 cm³/mol. The van der Waals surface area contributed by atoms with Gasteiger partial charge >= 0.3 is 0 Å². The van der Waals surface area contributed by atoms with E-state index < -0.39 is 0 Å². The van der Waals surface area contributed by atoms with Gasteiger partial charge in [-0.1, -0.05) is 48.0 Å². The molecule has 0 unspecified atom stereocenters. The molecule has 1 aliphatic rings. The number of nitrogens with zero attached hydrogens (tertiary/aromatic N) is 4. The van der Waals surface area contributed by atoms with Crippen molar-refractivity contribution in [3.63, 3.8) is 0 Å². The molecular weight excluding hydrogens is 458 g/mol. The summed E-state index contributed by atoms with van der Waals surface area (Å²) in [5.74, 6) is 1.82. The molecule has 7 nitrogen and oxygen atoms in total. The first-order valence-corrected chi connectivity index (χ1v) is 12.6. The molecule has 174 valence electrons. The van der Waals surface area contributed by atoms with Crippen LogP contribution in [-0.4, -0.2) is 57.6 Å². The first-order valence-electron chi connectivity index (χ1n) is 11.2. The van der Waals surface area contributed by atoms with E-state index in [4.69, 9.17) is 16.3 Å². The second-order valence-electron chi connectivity index (χ2n) is 7.85. The molecule has 3 aromatic rings. The van der Waals surface area contributed by atoms with Gasteiger partial charge in [0.2, 0.25) is 5.91 Å². The zero-order chi connectivity index (χ0) is 22.9. The predicted octanol–water partition coefficient (Wildman–Crippen LogP) is 4.19. The number of para-hydroxylation sites is 1. The average Bonchev–Trinajstić information content (AvgIpc) is 3.25. The number of hydrogen-bond acceptors (Lipinski definition) is 6. The molecule has 4 rings (SSSR count). The Labute approximate surface area is 203 Å². The molecule has 1 aromatic heterocycles. The van der Waals surface area contributed by atoms with Crippen molar-refractivity contribution >= 4 is 29.3 Å². The Bertz CT molecular complexity index is 1020. The summed E-state index contributed by atoms with van der Waals surface area (Å²) in [6.07, 6.45) is 3.74. The second-order valence-corrected chi connectivity index (χ2v) is 9.23. The van der Waals surface area contributed by atoms with E-state index in [0.717, 1.165) is 42.1 Å². The molecule has 2 aromatic carbocycles. The number of ether oxygens (including phenoxy) is 1. The van der Waals surface area contributed by atoms with E-state index in [9.17, 15) is 4.79 Å². The summed E-state index contributed by atoms with van der Waals surface area (Å²) in [7, 11) is 0. The van der Waals surface area contributed by atoms with Crippen LogP contribution in [0.4, 0.5) is 0 Å². The third-order valence-corrected chi connectivity index (χ3v) is 6.55. The quantitative estimate of drug-likeness (QED) is 0.343. The molecule has 0 bridgehead atoms. The molecule has 0 radical (unpaired) electrons. The molecule has 0 atom stereocenters. The number of likely N-dealkylation sites (tertiary alicyclic amines) is 1. The monoisotopic (exact) mass is 485 g/mol. The standard InChI is InChI=1S/C24H28ClN5O2S/c25-19-9-11-21(12-10-19)32-16-13-26-23(31)18-33-24-28-27-22(17-29-14-5-2-6-15-29)30(24)20-7-3-1-4-8-20/h1,3-4,7-12H,2,5-6,13-18H2,(H,26,31). The Kier molecular flexibility index (Phi) is 8.63. The molecular formula is C24H28ClN5O2S. The number of nitrogens with one attached hydrogen (secondary N) is 1. The number of halogens is 1. The Balaban J connectivity index is 1.32. The molecule has 33 heavy (non-hydrogen) atoms. The number of carbonyl (C=O) groups is 1. The lowest BCUT2D eigenvalue weighted by Gasteiger charge is -2.26. The minimum Gasteiger partial charge on any atom is -0.492 e. The molecule has 1 amide bonds. The Morgan fingerprint density at radius 2 is 1.79 bits per heavy atom. The molecule has 2 heterocycles. The van der Waals surface area contributed by atoms with E-state index in [-0.39, 0.29) is 11.7 Å². The van der Waals surface area contributed by atoms with Gasteiger partial charge in [-0.05, 0) is 62.3 Å². The lowest BCUT2D eigenvalue weighted by atomic mass is 10.1. The third-order valence-electron chi connectivity index (χ3n) is 5.37. The summed E-state index contributed by atoms with van der Waals surface area (Å²) >= 11 is 7.26. The fourth-order valence-corrected chi connectivity index (χ4v) is 4.65. The number of hydrogen-bond donors (Lipinski definition) is 1. The van der Waals surface area contributed by atoms with Crippen molar-refractivity contribution < 1.29 is 9.53 Å². The van der Waals surface area contributed by atoms with Gasteiger partial charge in [-0.3, -0.25) is 14.3 Å². The van der Waals surface area contributed by atoms with Crippen LogP contribution in [0.2, 0.25) is 5.02 Å². The van der Waals surface area contributed by atoms with Crippen LogP contribution < -0.4 is 10.1 Å². The maximum Gasteiger partial charge on any atom is 0.230 e. The van der Waals surface area contributed by atoms with Crippen LogP contribution in [0.3, 0.4) is 0 Å². The molecule has 1 N–H and O–H groups in total. The lowest BCUT2D eigenvalue weighted by molar-refractivity contribution is -0.118. The van der Waals surface area contributed by atoms with Gasteiger partial charge in [0.15, 0.2) is 11.0 Å². The summed E-state index contributed by atoms with van der Waals surface area (Å²) < 4.78 is 7.68. The summed E-state index contributed by atoms with van der Waals surface area (Å²) in [5, 5.41) is 13.2. The van der Waals surface area contributed by atoms with Crippen LogP contribution in [0.25, 0.3) is 5.69 Å². The van der Waals surface area contributed by atoms with Crippen molar-refractivity contribution in [1.82, 2.24) is 25.0 Å². The van der Waals surface area contributed by atoms with Gasteiger partial charge in [0.25, 0.3) is 0 Å². The van der Waals surface area contributed by atoms with Gasteiger partial charge < -0.3 is 10.1 Å². The van der Waals surface area contributed by atoms with Gasteiger partial charge in [0, 0.05) is 10.7 Å². The zero-order valence-electron chi connectivity index (χ0n) is 18.5. The van der Waals surface area contributed by atoms with E-state index >= 15 is 0 Å². The van der Waals surface area contributed by atoms with E-state index in [0.29, 0.717) is 18.2 Å². The Morgan fingerprint density at radius 3 is 2.55 bits per heavy atom. The fourth-order valence-electron chi connectivity index (χ4n) is 3.72. The molecule has 0 saturated carbocycles. The number of benzene rings is 2. The van der Waals surface area contributed by atoms with Crippen LogP contribution in [0, 0.1) is 0 Å². The SMILES string of the molecule is O=C(CSc1nnc(CN2CCCCC2)n1-c1ccccc1)NCCOc1ccc(Cl)cc1.